The Labute approximate surface area is 109 Å². The summed E-state index contributed by atoms with van der Waals surface area (Å²) in [7, 11) is 0. The Morgan fingerprint density at radius 1 is 1.21 bits per heavy atom. The van der Waals surface area contributed by atoms with E-state index in [1.54, 1.807) is 4.90 Å². The number of rotatable bonds is 1. The molecule has 0 saturated carbocycles. The highest BCUT2D eigenvalue weighted by atomic mass is 19.1. The molecule has 0 amide bonds. The molecule has 3 nitrogen and oxygen atoms in total. The zero-order chi connectivity index (χ0) is 13.2. The average Bonchev–Trinajstić information content (AvgIpc) is 2.61. The number of nitrogens with one attached hydrogen (secondary N) is 1. The molecule has 2 heterocycles. The molecule has 0 atom stereocenters. The van der Waals surface area contributed by atoms with Crippen molar-refractivity contribution in [3.63, 3.8) is 0 Å². The third kappa shape index (κ3) is 2.29. The molecule has 0 saturated heterocycles. The number of para-hydroxylation sites is 1. The summed E-state index contributed by atoms with van der Waals surface area (Å²) in [5.41, 5.74) is 1.98. The van der Waals surface area contributed by atoms with Gasteiger partial charge in [0.25, 0.3) is 0 Å². The first-order valence-corrected chi connectivity index (χ1v) is 6.13. The number of aromatic nitrogens is 1. The SMILES string of the molecule is Fc1cnc(N2CCNCc3ccccc32)c(F)c1. The normalized spacial score (nSPS) is 14.9. The fourth-order valence-electron chi connectivity index (χ4n) is 2.28. The first-order chi connectivity index (χ1) is 9.25. The van der Waals surface area contributed by atoms with Gasteiger partial charge in [0.15, 0.2) is 11.6 Å². The number of fused-ring (bicyclic) bond motifs is 1. The molecule has 98 valence electrons. The Hall–Kier alpha value is -2.01. The smallest absolute Gasteiger partial charge is 0.169 e. The van der Waals surface area contributed by atoms with Crippen LogP contribution in [0.5, 0.6) is 0 Å². The number of hydrogen-bond donors (Lipinski definition) is 1. The molecule has 1 aromatic heterocycles. The van der Waals surface area contributed by atoms with Gasteiger partial charge < -0.3 is 10.2 Å². The van der Waals surface area contributed by atoms with Crippen LogP contribution >= 0.6 is 0 Å². The largest absolute Gasteiger partial charge is 0.322 e. The van der Waals surface area contributed by atoms with Gasteiger partial charge in [-0.15, -0.1) is 0 Å². The molecule has 0 unspecified atom stereocenters. The molecule has 0 aliphatic carbocycles. The standard InChI is InChI=1S/C14H13F2N3/c15-11-7-12(16)14(18-9-11)19-6-5-17-8-10-3-1-2-4-13(10)19/h1-4,7,9,17H,5-6,8H2. The van der Waals surface area contributed by atoms with Crippen LogP contribution in [0.3, 0.4) is 0 Å². The number of hydrogen-bond acceptors (Lipinski definition) is 3. The highest BCUT2D eigenvalue weighted by Crippen LogP contribution is 2.30. The second-order valence-electron chi connectivity index (χ2n) is 4.42. The average molecular weight is 261 g/mol. The summed E-state index contributed by atoms with van der Waals surface area (Å²) in [6, 6.07) is 8.62. The summed E-state index contributed by atoms with van der Waals surface area (Å²) in [6.45, 7) is 2.04. The maximum Gasteiger partial charge on any atom is 0.169 e. The van der Waals surface area contributed by atoms with Crippen molar-refractivity contribution in [1.29, 1.82) is 0 Å². The predicted octanol–water partition coefficient (Wildman–Crippen LogP) is 2.60. The van der Waals surface area contributed by atoms with Crippen LogP contribution in [0.25, 0.3) is 0 Å². The van der Waals surface area contributed by atoms with Gasteiger partial charge in [0.1, 0.15) is 5.82 Å². The Kier molecular flexibility index (Phi) is 3.13. The van der Waals surface area contributed by atoms with Crippen LogP contribution in [-0.4, -0.2) is 18.1 Å². The highest BCUT2D eigenvalue weighted by molar-refractivity contribution is 5.64. The van der Waals surface area contributed by atoms with E-state index in [0.717, 1.165) is 30.1 Å². The maximum atomic E-state index is 13.9. The topological polar surface area (TPSA) is 28.2 Å². The van der Waals surface area contributed by atoms with Crippen molar-refractivity contribution in [1.82, 2.24) is 10.3 Å². The number of nitrogens with zero attached hydrogens (tertiary/aromatic N) is 2. The third-order valence-corrected chi connectivity index (χ3v) is 3.15. The van der Waals surface area contributed by atoms with E-state index in [4.69, 9.17) is 0 Å². The van der Waals surface area contributed by atoms with Crippen molar-refractivity contribution in [2.45, 2.75) is 6.54 Å². The first kappa shape index (κ1) is 12.0. The van der Waals surface area contributed by atoms with Crippen molar-refractivity contribution in [3.8, 4) is 0 Å². The molecule has 0 radical (unpaired) electrons. The molecular formula is C14H13F2N3. The van der Waals surface area contributed by atoms with Crippen LogP contribution in [0.15, 0.2) is 36.5 Å². The molecule has 1 aromatic carbocycles. The Morgan fingerprint density at radius 3 is 2.89 bits per heavy atom. The summed E-state index contributed by atoms with van der Waals surface area (Å²) >= 11 is 0. The third-order valence-electron chi connectivity index (χ3n) is 3.15. The number of halogens is 2. The van der Waals surface area contributed by atoms with Crippen LogP contribution in [-0.2, 0) is 6.54 Å². The van der Waals surface area contributed by atoms with E-state index >= 15 is 0 Å². The number of benzene rings is 1. The molecule has 0 fully saturated rings. The summed E-state index contributed by atoms with van der Waals surface area (Å²) < 4.78 is 26.9. The van der Waals surface area contributed by atoms with E-state index in [1.807, 2.05) is 24.3 Å². The minimum absolute atomic E-state index is 0.164. The Bertz CT molecular complexity index is 601. The maximum absolute atomic E-state index is 13.9. The number of pyridine rings is 1. The van der Waals surface area contributed by atoms with Crippen molar-refractivity contribution in [2.24, 2.45) is 0 Å². The minimum atomic E-state index is -0.664. The van der Waals surface area contributed by atoms with Gasteiger partial charge in [-0.2, -0.15) is 0 Å². The van der Waals surface area contributed by atoms with E-state index in [9.17, 15) is 8.78 Å². The molecule has 2 aromatic rings. The lowest BCUT2D eigenvalue weighted by Crippen LogP contribution is -2.26. The molecular weight excluding hydrogens is 248 g/mol. The van der Waals surface area contributed by atoms with Crippen molar-refractivity contribution >= 4 is 11.5 Å². The fraction of sp³-hybridized carbons (Fsp3) is 0.214. The van der Waals surface area contributed by atoms with Crippen molar-refractivity contribution < 1.29 is 8.78 Å². The van der Waals surface area contributed by atoms with Gasteiger partial charge in [0, 0.05) is 31.4 Å². The molecule has 1 aliphatic rings. The van der Waals surface area contributed by atoms with Crippen LogP contribution in [0.1, 0.15) is 5.56 Å². The Morgan fingerprint density at radius 2 is 2.05 bits per heavy atom. The Balaban J connectivity index is 2.09. The second kappa shape index (κ2) is 4.93. The number of anilines is 2. The van der Waals surface area contributed by atoms with Gasteiger partial charge in [-0.25, -0.2) is 13.8 Å². The van der Waals surface area contributed by atoms with Crippen molar-refractivity contribution in [3.05, 3.63) is 53.7 Å². The summed E-state index contributed by atoms with van der Waals surface area (Å²) in [6.07, 6.45) is 1.04. The minimum Gasteiger partial charge on any atom is -0.322 e. The summed E-state index contributed by atoms with van der Waals surface area (Å²) in [4.78, 5) is 5.67. The van der Waals surface area contributed by atoms with Gasteiger partial charge in [-0.1, -0.05) is 18.2 Å². The molecule has 0 bridgehead atoms. The first-order valence-electron chi connectivity index (χ1n) is 6.13. The molecule has 3 rings (SSSR count). The lowest BCUT2D eigenvalue weighted by molar-refractivity contribution is 0.571. The van der Waals surface area contributed by atoms with Crippen LogP contribution < -0.4 is 10.2 Å². The molecule has 1 N–H and O–H groups in total. The molecule has 19 heavy (non-hydrogen) atoms. The molecule has 5 heteroatoms. The van der Waals surface area contributed by atoms with E-state index in [-0.39, 0.29) is 5.82 Å². The summed E-state index contributed by atoms with van der Waals surface area (Å²) in [5, 5.41) is 3.27. The quantitative estimate of drug-likeness (QED) is 0.855. The summed E-state index contributed by atoms with van der Waals surface area (Å²) in [5.74, 6) is -1.14. The monoisotopic (exact) mass is 261 g/mol. The van der Waals surface area contributed by atoms with E-state index in [0.29, 0.717) is 13.1 Å². The predicted molar refractivity (Wildman–Crippen MR) is 69.3 cm³/mol. The van der Waals surface area contributed by atoms with Gasteiger partial charge in [-0.3, -0.25) is 0 Å². The fourth-order valence-corrected chi connectivity index (χ4v) is 2.28. The second-order valence-corrected chi connectivity index (χ2v) is 4.42. The van der Waals surface area contributed by atoms with E-state index in [2.05, 4.69) is 10.3 Å². The van der Waals surface area contributed by atoms with Crippen LogP contribution in [0, 0.1) is 11.6 Å². The van der Waals surface area contributed by atoms with Gasteiger partial charge in [0.05, 0.1) is 6.20 Å². The zero-order valence-electron chi connectivity index (χ0n) is 10.2. The zero-order valence-corrected chi connectivity index (χ0v) is 10.2. The lowest BCUT2D eigenvalue weighted by Gasteiger charge is -2.23. The van der Waals surface area contributed by atoms with Gasteiger partial charge in [-0.05, 0) is 11.6 Å². The van der Waals surface area contributed by atoms with Crippen molar-refractivity contribution in [2.75, 3.05) is 18.0 Å². The molecule has 1 aliphatic heterocycles. The van der Waals surface area contributed by atoms with Gasteiger partial charge in [0.2, 0.25) is 0 Å². The van der Waals surface area contributed by atoms with Crippen LogP contribution in [0.2, 0.25) is 0 Å². The van der Waals surface area contributed by atoms with Gasteiger partial charge >= 0.3 is 0 Å². The highest BCUT2D eigenvalue weighted by Gasteiger charge is 2.20. The van der Waals surface area contributed by atoms with E-state index in [1.165, 1.54) is 0 Å². The molecule has 0 spiro atoms. The lowest BCUT2D eigenvalue weighted by atomic mass is 10.1. The van der Waals surface area contributed by atoms with Crippen LogP contribution in [0.4, 0.5) is 20.3 Å². The van der Waals surface area contributed by atoms with E-state index < -0.39 is 11.6 Å².